The average Bonchev–Trinajstić information content (AvgIpc) is 2.30. The molecule has 0 saturated heterocycles. The minimum Gasteiger partial charge on any atom is -0.294 e. The van der Waals surface area contributed by atoms with Crippen molar-refractivity contribution in [1.82, 2.24) is 9.97 Å². The van der Waals surface area contributed by atoms with E-state index in [1.165, 1.54) is 12.3 Å². The van der Waals surface area contributed by atoms with Crippen molar-refractivity contribution in [2.24, 2.45) is 0 Å². The fraction of sp³-hybridized carbons (Fsp3) is 0.0833. The Balaban J connectivity index is 2.63. The SMILES string of the molecule is Cc1cnc(C=O)nc1-c1ccc(F)cc1F. The summed E-state index contributed by atoms with van der Waals surface area (Å²) in [5, 5.41) is 0. The van der Waals surface area contributed by atoms with E-state index < -0.39 is 11.6 Å². The van der Waals surface area contributed by atoms with E-state index in [0.717, 1.165) is 12.1 Å². The van der Waals surface area contributed by atoms with Gasteiger partial charge in [-0.2, -0.15) is 0 Å². The maximum absolute atomic E-state index is 13.6. The van der Waals surface area contributed by atoms with Crippen molar-refractivity contribution < 1.29 is 13.6 Å². The van der Waals surface area contributed by atoms with Crippen LogP contribution in [0, 0.1) is 18.6 Å². The summed E-state index contributed by atoms with van der Waals surface area (Å²) in [6.45, 7) is 1.69. The number of carbonyl (C=O) groups excluding carboxylic acids is 1. The largest absolute Gasteiger partial charge is 0.294 e. The van der Waals surface area contributed by atoms with E-state index in [1.54, 1.807) is 6.92 Å². The normalized spacial score (nSPS) is 10.3. The third kappa shape index (κ3) is 2.18. The Labute approximate surface area is 96.2 Å². The van der Waals surface area contributed by atoms with Crippen LogP contribution in [-0.2, 0) is 0 Å². The zero-order valence-electron chi connectivity index (χ0n) is 8.95. The van der Waals surface area contributed by atoms with Crippen molar-refractivity contribution in [3.05, 3.63) is 47.4 Å². The van der Waals surface area contributed by atoms with E-state index in [9.17, 15) is 13.6 Å². The van der Waals surface area contributed by atoms with Crippen LogP contribution in [0.3, 0.4) is 0 Å². The maximum Gasteiger partial charge on any atom is 0.193 e. The Morgan fingerprint density at radius 2 is 2.06 bits per heavy atom. The molecule has 2 aromatic rings. The van der Waals surface area contributed by atoms with Crippen molar-refractivity contribution >= 4 is 6.29 Å². The van der Waals surface area contributed by atoms with Gasteiger partial charge in [0.15, 0.2) is 12.1 Å². The van der Waals surface area contributed by atoms with Crippen LogP contribution in [0.15, 0.2) is 24.4 Å². The molecule has 0 aliphatic rings. The summed E-state index contributed by atoms with van der Waals surface area (Å²) in [6.07, 6.45) is 1.90. The van der Waals surface area contributed by atoms with E-state index in [4.69, 9.17) is 0 Å². The topological polar surface area (TPSA) is 42.9 Å². The summed E-state index contributed by atoms with van der Waals surface area (Å²) < 4.78 is 26.3. The second kappa shape index (κ2) is 4.37. The van der Waals surface area contributed by atoms with Crippen LogP contribution in [0.4, 0.5) is 8.78 Å². The first-order valence-electron chi connectivity index (χ1n) is 4.86. The summed E-state index contributed by atoms with van der Waals surface area (Å²) in [7, 11) is 0. The van der Waals surface area contributed by atoms with Crippen LogP contribution in [0.5, 0.6) is 0 Å². The number of aromatic nitrogens is 2. The molecule has 0 unspecified atom stereocenters. The summed E-state index contributed by atoms with van der Waals surface area (Å²) in [5.41, 5.74) is 1.05. The quantitative estimate of drug-likeness (QED) is 0.750. The van der Waals surface area contributed by atoms with Gasteiger partial charge in [-0.25, -0.2) is 18.7 Å². The van der Waals surface area contributed by atoms with Crippen molar-refractivity contribution in [3.8, 4) is 11.3 Å². The fourth-order valence-electron chi connectivity index (χ4n) is 1.47. The molecule has 3 nitrogen and oxygen atoms in total. The van der Waals surface area contributed by atoms with E-state index in [1.807, 2.05) is 0 Å². The van der Waals surface area contributed by atoms with Gasteiger partial charge < -0.3 is 0 Å². The van der Waals surface area contributed by atoms with Gasteiger partial charge in [0.25, 0.3) is 0 Å². The molecule has 0 N–H and O–H groups in total. The molecule has 1 heterocycles. The predicted molar refractivity (Wildman–Crippen MR) is 57.5 cm³/mol. The highest BCUT2D eigenvalue weighted by Crippen LogP contribution is 2.24. The lowest BCUT2D eigenvalue weighted by atomic mass is 10.1. The molecule has 0 bridgehead atoms. The molecule has 0 radical (unpaired) electrons. The molecule has 0 aliphatic carbocycles. The number of aryl methyl sites for hydroxylation is 1. The first kappa shape index (κ1) is 11.3. The summed E-state index contributed by atoms with van der Waals surface area (Å²) >= 11 is 0. The summed E-state index contributed by atoms with van der Waals surface area (Å²) in [6, 6.07) is 3.20. The third-order valence-electron chi connectivity index (χ3n) is 2.28. The molecule has 0 fully saturated rings. The lowest BCUT2D eigenvalue weighted by molar-refractivity contribution is 0.111. The number of nitrogens with zero attached hydrogens (tertiary/aromatic N) is 2. The second-order valence-corrected chi connectivity index (χ2v) is 3.50. The number of aldehydes is 1. The Morgan fingerprint density at radius 3 is 2.71 bits per heavy atom. The highest BCUT2D eigenvalue weighted by molar-refractivity contribution is 5.72. The lowest BCUT2D eigenvalue weighted by Crippen LogP contribution is -1.99. The van der Waals surface area contributed by atoms with Gasteiger partial charge in [-0.1, -0.05) is 0 Å². The van der Waals surface area contributed by atoms with Gasteiger partial charge in [0.05, 0.1) is 5.69 Å². The Kier molecular flexibility index (Phi) is 2.91. The van der Waals surface area contributed by atoms with E-state index >= 15 is 0 Å². The van der Waals surface area contributed by atoms with Gasteiger partial charge in [-0.15, -0.1) is 0 Å². The Bertz CT molecular complexity index is 585. The predicted octanol–water partition coefficient (Wildman–Crippen LogP) is 2.54. The molecule has 0 amide bonds. The van der Waals surface area contributed by atoms with E-state index in [0.29, 0.717) is 17.5 Å². The highest BCUT2D eigenvalue weighted by atomic mass is 19.1. The zero-order valence-corrected chi connectivity index (χ0v) is 8.95. The number of halogens is 2. The molecule has 17 heavy (non-hydrogen) atoms. The lowest BCUT2D eigenvalue weighted by Gasteiger charge is -2.06. The molecular weight excluding hydrogens is 226 g/mol. The van der Waals surface area contributed by atoms with Gasteiger partial charge >= 0.3 is 0 Å². The molecule has 1 aromatic heterocycles. The molecule has 1 aromatic carbocycles. The molecular formula is C12H8F2N2O. The number of benzene rings is 1. The van der Waals surface area contributed by atoms with Gasteiger partial charge in [0.1, 0.15) is 11.6 Å². The number of hydrogen-bond acceptors (Lipinski definition) is 3. The van der Waals surface area contributed by atoms with Crippen molar-refractivity contribution in [2.45, 2.75) is 6.92 Å². The minimum absolute atomic E-state index is 0.0330. The van der Waals surface area contributed by atoms with Crippen molar-refractivity contribution in [2.75, 3.05) is 0 Å². The number of hydrogen-bond donors (Lipinski definition) is 0. The maximum atomic E-state index is 13.6. The first-order chi connectivity index (χ1) is 8.11. The Morgan fingerprint density at radius 1 is 1.29 bits per heavy atom. The van der Waals surface area contributed by atoms with E-state index in [2.05, 4.69) is 9.97 Å². The third-order valence-corrected chi connectivity index (χ3v) is 2.28. The second-order valence-electron chi connectivity index (χ2n) is 3.50. The van der Waals surface area contributed by atoms with Crippen molar-refractivity contribution in [1.29, 1.82) is 0 Å². The summed E-state index contributed by atoms with van der Waals surface area (Å²) in [5.74, 6) is -1.41. The van der Waals surface area contributed by atoms with Gasteiger partial charge in [-0.3, -0.25) is 4.79 Å². The molecule has 0 atom stereocenters. The van der Waals surface area contributed by atoms with Crippen molar-refractivity contribution in [3.63, 3.8) is 0 Å². The van der Waals surface area contributed by atoms with Crippen LogP contribution in [0.1, 0.15) is 16.2 Å². The number of carbonyl (C=O) groups is 1. The monoisotopic (exact) mass is 234 g/mol. The smallest absolute Gasteiger partial charge is 0.193 e. The van der Waals surface area contributed by atoms with Crippen LogP contribution < -0.4 is 0 Å². The molecule has 2 rings (SSSR count). The molecule has 0 saturated carbocycles. The van der Waals surface area contributed by atoms with E-state index in [-0.39, 0.29) is 11.4 Å². The number of rotatable bonds is 2. The summed E-state index contributed by atoms with van der Waals surface area (Å²) in [4.78, 5) is 18.2. The standard InChI is InChI=1S/C12H8F2N2O/c1-7-5-15-11(6-17)16-12(7)9-3-2-8(13)4-10(9)14/h2-6H,1H3. The molecule has 0 aliphatic heterocycles. The van der Waals surface area contributed by atoms with Gasteiger partial charge in [0, 0.05) is 17.8 Å². The first-order valence-corrected chi connectivity index (χ1v) is 4.86. The molecule has 0 spiro atoms. The van der Waals surface area contributed by atoms with Crippen LogP contribution in [0.25, 0.3) is 11.3 Å². The molecule has 5 heteroatoms. The van der Waals surface area contributed by atoms with Gasteiger partial charge in [0.2, 0.25) is 0 Å². The Hall–Kier alpha value is -2.17. The average molecular weight is 234 g/mol. The fourth-order valence-corrected chi connectivity index (χ4v) is 1.47. The highest BCUT2D eigenvalue weighted by Gasteiger charge is 2.11. The zero-order chi connectivity index (χ0) is 12.4. The molecule has 86 valence electrons. The van der Waals surface area contributed by atoms with Crippen LogP contribution in [-0.4, -0.2) is 16.3 Å². The van der Waals surface area contributed by atoms with Crippen LogP contribution >= 0.6 is 0 Å². The van der Waals surface area contributed by atoms with Gasteiger partial charge in [-0.05, 0) is 24.6 Å². The van der Waals surface area contributed by atoms with Crippen LogP contribution in [0.2, 0.25) is 0 Å². The minimum atomic E-state index is -0.719.